The Labute approximate surface area is 203 Å². The molecule has 4 atom stereocenters. The number of carbonyl (C=O) groups is 3. The van der Waals surface area contributed by atoms with Gasteiger partial charge in [0, 0.05) is 6.54 Å². The molecule has 8 nitrogen and oxygen atoms in total. The minimum absolute atomic E-state index is 0.0656. The van der Waals surface area contributed by atoms with Crippen LogP contribution in [0.3, 0.4) is 0 Å². The van der Waals surface area contributed by atoms with Crippen LogP contribution in [-0.2, 0) is 23.5 Å². The van der Waals surface area contributed by atoms with Gasteiger partial charge in [-0.25, -0.2) is 9.59 Å². The number of hydrogen-bond donors (Lipinski definition) is 0. The highest BCUT2D eigenvalue weighted by Gasteiger charge is 2.57. The maximum atomic E-state index is 13.1. The summed E-state index contributed by atoms with van der Waals surface area (Å²) in [5.74, 6) is -0.946. The summed E-state index contributed by atoms with van der Waals surface area (Å²) in [5.41, 5.74) is 1.02. The molecular formula is C25H36N2O6Si. The Balaban J connectivity index is 1.81. The number of rotatable bonds is 10. The van der Waals surface area contributed by atoms with Gasteiger partial charge in [0.15, 0.2) is 8.32 Å². The lowest BCUT2D eigenvalue weighted by atomic mass is 9.83. The number of amides is 2. The number of β-lactam (4-membered cyclic amide) rings is 1. The van der Waals surface area contributed by atoms with Gasteiger partial charge in [0.25, 0.3) is 0 Å². The summed E-state index contributed by atoms with van der Waals surface area (Å²) in [7, 11) is -1.83. The van der Waals surface area contributed by atoms with Crippen molar-refractivity contribution in [3.8, 4) is 0 Å². The maximum absolute atomic E-state index is 13.1. The molecule has 0 aromatic rings. The molecule has 2 amide bonds. The first kappa shape index (κ1) is 26.0. The van der Waals surface area contributed by atoms with Crippen LogP contribution in [-0.4, -0.2) is 74.0 Å². The van der Waals surface area contributed by atoms with Gasteiger partial charge < -0.3 is 23.7 Å². The molecule has 186 valence electrons. The molecule has 0 unspecified atom stereocenters. The second-order valence-corrected chi connectivity index (χ2v) is 14.3. The van der Waals surface area contributed by atoms with E-state index < -0.39 is 14.3 Å². The largest absolute Gasteiger partial charge is 0.457 e. The Morgan fingerprint density at radius 1 is 1.18 bits per heavy atom. The van der Waals surface area contributed by atoms with Crippen LogP contribution in [0.4, 0.5) is 4.79 Å². The lowest BCUT2D eigenvalue weighted by Gasteiger charge is -2.47. The Kier molecular flexibility index (Phi) is 8.20. The fourth-order valence-corrected chi connectivity index (χ4v) is 6.18. The summed E-state index contributed by atoms with van der Waals surface area (Å²) in [4.78, 5) is 41.6. The zero-order chi connectivity index (χ0) is 25.0. The van der Waals surface area contributed by atoms with Gasteiger partial charge in [0.1, 0.15) is 18.9 Å². The van der Waals surface area contributed by atoms with Crippen LogP contribution in [0, 0.1) is 5.92 Å². The molecule has 3 rings (SSSR count). The van der Waals surface area contributed by atoms with E-state index in [1.165, 1.54) is 12.2 Å². The van der Waals surface area contributed by atoms with Crippen molar-refractivity contribution < 1.29 is 28.3 Å². The van der Waals surface area contributed by atoms with Crippen molar-refractivity contribution in [1.82, 2.24) is 9.80 Å². The molecular weight excluding hydrogens is 452 g/mol. The molecule has 2 fully saturated rings. The Hall–Kier alpha value is -2.65. The van der Waals surface area contributed by atoms with Crippen LogP contribution >= 0.6 is 0 Å². The van der Waals surface area contributed by atoms with Gasteiger partial charge in [-0.1, -0.05) is 37.5 Å². The molecule has 3 aliphatic rings. The van der Waals surface area contributed by atoms with Crippen molar-refractivity contribution in [2.24, 2.45) is 5.92 Å². The Bertz CT molecular complexity index is 906. The number of carbonyl (C=O) groups excluding carboxylic acids is 3. The molecule has 2 saturated heterocycles. The SMILES string of the molecule is C=CCOC(=O)C1=C(C=C[C@@H]2CCCN2C(=O)OCC=C)C[C@@H]2[C@@H]([C@@H](C)O[Si](C)(C)C)C(=O)N12. The van der Waals surface area contributed by atoms with Gasteiger partial charge in [-0.3, -0.25) is 4.79 Å². The van der Waals surface area contributed by atoms with E-state index in [0.717, 1.165) is 18.4 Å². The summed E-state index contributed by atoms with van der Waals surface area (Å²) in [6.07, 6.45) is 8.43. The van der Waals surface area contributed by atoms with Crippen molar-refractivity contribution in [2.75, 3.05) is 19.8 Å². The van der Waals surface area contributed by atoms with Crippen LogP contribution in [0.5, 0.6) is 0 Å². The second-order valence-electron chi connectivity index (χ2n) is 9.83. The first-order chi connectivity index (χ1) is 16.1. The van der Waals surface area contributed by atoms with Crippen LogP contribution < -0.4 is 0 Å². The summed E-state index contributed by atoms with van der Waals surface area (Å²) < 4.78 is 16.7. The number of likely N-dealkylation sites (tertiary alicyclic amines) is 1. The normalized spacial score (nSPS) is 25.3. The van der Waals surface area contributed by atoms with Gasteiger partial charge in [-0.05, 0) is 51.4 Å². The molecule has 0 aliphatic carbocycles. The van der Waals surface area contributed by atoms with E-state index in [1.807, 2.05) is 19.1 Å². The molecule has 0 spiro atoms. The van der Waals surface area contributed by atoms with Gasteiger partial charge in [0.05, 0.1) is 24.1 Å². The van der Waals surface area contributed by atoms with Crippen LogP contribution in [0.2, 0.25) is 19.6 Å². The lowest BCUT2D eigenvalue weighted by molar-refractivity contribution is -0.161. The number of hydrogen-bond acceptors (Lipinski definition) is 6. The van der Waals surface area contributed by atoms with Crippen molar-refractivity contribution in [2.45, 2.75) is 64.0 Å². The number of fused-ring (bicyclic) bond motifs is 1. The van der Waals surface area contributed by atoms with E-state index in [1.54, 1.807) is 9.80 Å². The number of nitrogens with zero attached hydrogens (tertiary/aromatic N) is 2. The molecule has 0 bridgehead atoms. The average molecular weight is 489 g/mol. The van der Waals surface area contributed by atoms with E-state index >= 15 is 0 Å². The Morgan fingerprint density at radius 2 is 1.85 bits per heavy atom. The van der Waals surface area contributed by atoms with Gasteiger partial charge in [0.2, 0.25) is 5.91 Å². The fraction of sp³-hybridized carbons (Fsp3) is 0.560. The molecule has 0 radical (unpaired) electrons. The third-order valence-corrected chi connectivity index (χ3v) is 7.27. The zero-order valence-corrected chi connectivity index (χ0v) is 21.6. The Morgan fingerprint density at radius 3 is 2.50 bits per heavy atom. The number of allylic oxidation sites excluding steroid dienone is 1. The third kappa shape index (κ3) is 5.52. The predicted molar refractivity (Wildman–Crippen MR) is 131 cm³/mol. The molecule has 0 N–H and O–H groups in total. The smallest absolute Gasteiger partial charge is 0.410 e. The van der Waals surface area contributed by atoms with E-state index in [9.17, 15) is 14.4 Å². The first-order valence-electron chi connectivity index (χ1n) is 11.8. The van der Waals surface area contributed by atoms with Gasteiger partial charge in [-0.15, -0.1) is 0 Å². The minimum Gasteiger partial charge on any atom is -0.457 e. The maximum Gasteiger partial charge on any atom is 0.410 e. The van der Waals surface area contributed by atoms with Crippen LogP contribution in [0.25, 0.3) is 0 Å². The summed E-state index contributed by atoms with van der Waals surface area (Å²) in [6, 6.07) is -0.272. The van der Waals surface area contributed by atoms with Crippen LogP contribution in [0.15, 0.2) is 48.7 Å². The van der Waals surface area contributed by atoms with Gasteiger partial charge >= 0.3 is 12.1 Å². The monoisotopic (exact) mass is 488 g/mol. The van der Waals surface area contributed by atoms with Crippen LogP contribution in [0.1, 0.15) is 26.2 Å². The molecule has 3 aliphatic heterocycles. The second kappa shape index (κ2) is 10.7. The third-order valence-electron chi connectivity index (χ3n) is 6.19. The highest BCUT2D eigenvalue weighted by Crippen LogP contribution is 2.45. The van der Waals surface area contributed by atoms with Crippen molar-refractivity contribution >= 4 is 26.3 Å². The molecule has 3 heterocycles. The van der Waals surface area contributed by atoms with Crippen molar-refractivity contribution in [1.29, 1.82) is 0 Å². The molecule has 0 aromatic heterocycles. The quantitative estimate of drug-likeness (QED) is 0.201. The van der Waals surface area contributed by atoms with E-state index in [-0.39, 0.29) is 55.0 Å². The average Bonchev–Trinajstić information content (AvgIpc) is 3.35. The molecule has 0 aromatic carbocycles. The standard InChI is InChI=1S/C25H36N2O6Si/c1-7-14-31-24(29)22-18(11-12-19-10-9-13-26(19)25(30)32-15-8-2)16-20-21(23(28)27(20)22)17(3)33-34(4,5)6/h7-8,11-12,17,19-21H,1-2,9-10,13-16H2,3-6H3/t17-,19+,20-,21-/m1/s1. The van der Waals surface area contributed by atoms with Crippen molar-refractivity contribution in [3.05, 3.63) is 48.7 Å². The van der Waals surface area contributed by atoms with E-state index in [4.69, 9.17) is 13.9 Å². The van der Waals surface area contributed by atoms with Gasteiger partial charge in [-0.2, -0.15) is 0 Å². The number of ether oxygens (including phenoxy) is 2. The summed E-state index contributed by atoms with van der Waals surface area (Å²) >= 11 is 0. The van der Waals surface area contributed by atoms with Crippen molar-refractivity contribution in [3.63, 3.8) is 0 Å². The highest BCUT2D eigenvalue weighted by molar-refractivity contribution is 6.69. The lowest BCUT2D eigenvalue weighted by Crippen LogP contribution is -2.63. The molecule has 34 heavy (non-hydrogen) atoms. The minimum atomic E-state index is -1.83. The van der Waals surface area contributed by atoms with E-state index in [2.05, 4.69) is 32.8 Å². The van der Waals surface area contributed by atoms with E-state index in [0.29, 0.717) is 13.0 Å². The first-order valence-corrected chi connectivity index (χ1v) is 15.2. The molecule has 0 saturated carbocycles. The highest BCUT2D eigenvalue weighted by atomic mass is 28.4. The topological polar surface area (TPSA) is 85.4 Å². The number of esters is 1. The summed E-state index contributed by atoms with van der Waals surface area (Å²) in [6.45, 7) is 16.2. The molecule has 9 heteroatoms. The fourth-order valence-electron chi connectivity index (χ4n) is 4.92. The zero-order valence-electron chi connectivity index (χ0n) is 20.6. The predicted octanol–water partition coefficient (Wildman–Crippen LogP) is 3.78. The summed E-state index contributed by atoms with van der Waals surface area (Å²) in [5, 5.41) is 0.